The van der Waals surface area contributed by atoms with E-state index in [1.54, 1.807) is 4.57 Å². The summed E-state index contributed by atoms with van der Waals surface area (Å²) in [6.07, 6.45) is 8.87. The highest BCUT2D eigenvalue weighted by Crippen LogP contribution is 2.19. The number of nitrogens with zero attached hydrogens (tertiary/aromatic N) is 2. The van der Waals surface area contributed by atoms with E-state index in [0.29, 0.717) is 18.6 Å². The molecule has 0 aromatic carbocycles. The Balaban J connectivity index is 1.66. The van der Waals surface area contributed by atoms with Crippen LogP contribution in [0.4, 0.5) is 0 Å². The molecule has 1 atom stereocenters. The predicted molar refractivity (Wildman–Crippen MR) is 92.0 cm³/mol. The Labute approximate surface area is 143 Å². The second-order valence-electron chi connectivity index (χ2n) is 6.99. The Bertz CT molecular complexity index is 611. The molecule has 3 rings (SSSR count). The van der Waals surface area contributed by atoms with Crippen molar-refractivity contribution in [2.24, 2.45) is 10.9 Å². The first-order chi connectivity index (χ1) is 11.7. The molecule has 5 nitrogen and oxygen atoms in total. The maximum Gasteiger partial charge on any atom is 0.258 e. The highest BCUT2D eigenvalue weighted by atomic mass is 16.5. The van der Waals surface area contributed by atoms with Crippen molar-refractivity contribution in [1.82, 2.24) is 4.57 Å². The molecule has 1 aliphatic carbocycles. The van der Waals surface area contributed by atoms with Crippen molar-refractivity contribution in [3.05, 3.63) is 29.4 Å². The summed E-state index contributed by atoms with van der Waals surface area (Å²) in [7, 11) is 0. The molecule has 1 unspecified atom stereocenters. The van der Waals surface area contributed by atoms with Crippen LogP contribution in [0.5, 0.6) is 0 Å². The molecule has 2 heterocycles. The fraction of sp³-hybridized carbons (Fsp3) is 0.684. The van der Waals surface area contributed by atoms with E-state index in [1.807, 2.05) is 25.3 Å². The van der Waals surface area contributed by atoms with Gasteiger partial charge in [-0.15, -0.1) is 0 Å². The van der Waals surface area contributed by atoms with Gasteiger partial charge in [0.05, 0.1) is 19.3 Å². The number of hydrogen-bond donors (Lipinski definition) is 0. The van der Waals surface area contributed by atoms with Gasteiger partial charge in [-0.1, -0.05) is 19.3 Å². The van der Waals surface area contributed by atoms with E-state index in [9.17, 15) is 4.79 Å². The molecule has 2 aliphatic rings. The van der Waals surface area contributed by atoms with Gasteiger partial charge in [0.15, 0.2) is 0 Å². The molecule has 132 valence electrons. The zero-order chi connectivity index (χ0) is 16.8. The predicted octanol–water partition coefficient (Wildman–Crippen LogP) is 2.72. The van der Waals surface area contributed by atoms with Crippen molar-refractivity contribution in [3.8, 4) is 0 Å². The third-order valence-electron chi connectivity index (χ3n) is 4.85. The Morgan fingerprint density at radius 3 is 2.92 bits per heavy atom. The Morgan fingerprint density at radius 2 is 2.17 bits per heavy atom. The van der Waals surface area contributed by atoms with Crippen LogP contribution in [0, 0.1) is 12.8 Å². The Hall–Kier alpha value is -1.46. The minimum absolute atomic E-state index is 0.0523. The van der Waals surface area contributed by atoms with Gasteiger partial charge in [-0.2, -0.15) is 0 Å². The summed E-state index contributed by atoms with van der Waals surface area (Å²) in [6.45, 7) is 4.27. The van der Waals surface area contributed by atoms with Crippen molar-refractivity contribution in [2.75, 3.05) is 26.4 Å². The number of aryl methyl sites for hydroxylation is 1. The molecule has 5 heteroatoms. The van der Waals surface area contributed by atoms with Gasteiger partial charge in [-0.05, 0) is 43.9 Å². The lowest BCUT2D eigenvalue weighted by Crippen LogP contribution is -2.32. The van der Waals surface area contributed by atoms with E-state index in [2.05, 4.69) is 0 Å². The van der Waals surface area contributed by atoms with Crippen molar-refractivity contribution < 1.29 is 14.3 Å². The Morgan fingerprint density at radius 1 is 1.33 bits per heavy atom. The van der Waals surface area contributed by atoms with E-state index in [-0.39, 0.29) is 12.5 Å². The third kappa shape index (κ3) is 4.77. The molecular weight excluding hydrogens is 304 g/mol. The topological polar surface area (TPSA) is 52.8 Å². The van der Waals surface area contributed by atoms with Crippen LogP contribution in [-0.2, 0) is 9.47 Å². The molecule has 1 aromatic rings. The number of pyridine rings is 1. The van der Waals surface area contributed by atoms with Gasteiger partial charge >= 0.3 is 0 Å². The first-order valence-electron chi connectivity index (χ1n) is 9.14. The highest BCUT2D eigenvalue weighted by Gasteiger charge is 2.17. The van der Waals surface area contributed by atoms with Gasteiger partial charge in [0, 0.05) is 18.7 Å². The summed E-state index contributed by atoms with van der Waals surface area (Å²) in [5.74, 6) is 0.371. The summed E-state index contributed by atoms with van der Waals surface area (Å²) in [5.41, 5.74) is 1.89. The molecule has 0 spiro atoms. The summed E-state index contributed by atoms with van der Waals surface area (Å²) in [6, 6.07) is 4.29. The van der Waals surface area contributed by atoms with Gasteiger partial charge in [-0.3, -0.25) is 14.4 Å². The lowest BCUT2D eigenvalue weighted by Gasteiger charge is -2.18. The Kier molecular flexibility index (Phi) is 6.21. The molecule has 1 saturated heterocycles. The van der Waals surface area contributed by atoms with Gasteiger partial charge in [0.25, 0.3) is 5.91 Å². The van der Waals surface area contributed by atoms with Crippen LogP contribution in [0.25, 0.3) is 0 Å². The van der Waals surface area contributed by atoms with E-state index < -0.39 is 0 Å². The van der Waals surface area contributed by atoms with Crippen LogP contribution in [-0.4, -0.2) is 42.9 Å². The molecule has 1 aliphatic heterocycles. The third-order valence-corrected chi connectivity index (χ3v) is 4.85. The number of carbonyl (C=O) groups is 1. The quantitative estimate of drug-likeness (QED) is 0.833. The molecule has 0 N–H and O–H groups in total. The second kappa shape index (κ2) is 8.58. The van der Waals surface area contributed by atoms with Crippen LogP contribution in [0.1, 0.15) is 48.9 Å². The van der Waals surface area contributed by atoms with Gasteiger partial charge in [0.2, 0.25) is 0 Å². The van der Waals surface area contributed by atoms with E-state index in [4.69, 9.17) is 14.5 Å². The largest absolute Gasteiger partial charge is 0.381 e. The summed E-state index contributed by atoms with van der Waals surface area (Å²) < 4.78 is 12.6. The van der Waals surface area contributed by atoms with Crippen molar-refractivity contribution >= 4 is 5.91 Å². The second-order valence-corrected chi connectivity index (χ2v) is 6.99. The van der Waals surface area contributed by atoms with Crippen molar-refractivity contribution in [2.45, 2.75) is 51.5 Å². The fourth-order valence-electron chi connectivity index (χ4n) is 3.39. The zero-order valence-corrected chi connectivity index (χ0v) is 14.6. The normalized spacial score (nSPS) is 22.9. The van der Waals surface area contributed by atoms with Crippen LogP contribution in [0.3, 0.4) is 0 Å². The highest BCUT2D eigenvalue weighted by molar-refractivity contribution is 5.79. The molecule has 24 heavy (non-hydrogen) atoms. The van der Waals surface area contributed by atoms with E-state index in [1.165, 1.54) is 19.3 Å². The number of aromatic nitrogens is 1. The van der Waals surface area contributed by atoms with E-state index >= 15 is 0 Å². The number of rotatable bonds is 5. The average Bonchev–Trinajstić information content (AvgIpc) is 3.09. The standard InChI is InChI=1S/C19H28N2O3/c1-15-7-9-21(18(11-15)20-17-5-3-2-4-6-17)19(22)14-24-13-16-8-10-23-12-16/h7,9,11,16-17H,2-6,8,10,12-14H2,1H3. The van der Waals surface area contributed by atoms with Crippen LogP contribution in [0.15, 0.2) is 23.3 Å². The monoisotopic (exact) mass is 332 g/mol. The first-order valence-corrected chi connectivity index (χ1v) is 9.14. The smallest absolute Gasteiger partial charge is 0.258 e. The minimum atomic E-state index is -0.0523. The zero-order valence-electron chi connectivity index (χ0n) is 14.6. The fourth-order valence-corrected chi connectivity index (χ4v) is 3.39. The maximum absolute atomic E-state index is 12.5. The van der Waals surface area contributed by atoms with Crippen molar-refractivity contribution in [1.29, 1.82) is 0 Å². The summed E-state index contributed by atoms with van der Waals surface area (Å²) in [4.78, 5) is 17.4. The number of hydrogen-bond acceptors (Lipinski definition) is 4. The van der Waals surface area contributed by atoms with E-state index in [0.717, 1.165) is 43.5 Å². The molecule has 1 saturated carbocycles. The molecule has 0 bridgehead atoms. The molecule has 1 aromatic heterocycles. The maximum atomic E-state index is 12.5. The number of carbonyl (C=O) groups excluding carboxylic acids is 1. The SMILES string of the molecule is Cc1ccn(C(=O)COCC2CCOC2)c(=NC2CCCCC2)c1. The summed E-state index contributed by atoms with van der Waals surface area (Å²) in [5, 5.41) is 0. The number of ether oxygens (including phenoxy) is 2. The first kappa shape index (κ1) is 17.4. The minimum Gasteiger partial charge on any atom is -0.381 e. The lowest BCUT2D eigenvalue weighted by molar-refractivity contribution is 0.0573. The molecule has 0 radical (unpaired) electrons. The average molecular weight is 332 g/mol. The summed E-state index contributed by atoms with van der Waals surface area (Å²) >= 11 is 0. The molecule has 2 fully saturated rings. The van der Waals surface area contributed by atoms with Crippen molar-refractivity contribution in [3.63, 3.8) is 0 Å². The van der Waals surface area contributed by atoms with Crippen LogP contribution < -0.4 is 5.49 Å². The van der Waals surface area contributed by atoms with Crippen LogP contribution in [0.2, 0.25) is 0 Å². The van der Waals surface area contributed by atoms with Gasteiger partial charge in [0.1, 0.15) is 12.1 Å². The molecular formula is C19H28N2O3. The van der Waals surface area contributed by atoms with Crippen LogP contribution >= 0.6 is 0 Å². The van der Waals surface area contributed by atoms with Gasteiger partial charge in [-0.25, -0.2) is 0 Å². The molecule has 0 amide bonds. The lowest BCUT2D eigenvalue weighted by atomic mass is 9.96. The van der Waals surface area contributed by atoms with Gasteiger partial charge < -0.3 is 9.47 Å².